The highest BCUT2D eigenvalue weighted by molar-refractivity contribution is 5.94. The van der Waals surface area contributed by atoms with Crippen molar-refractivity contribution in [1.82, 2.24) is 14.4 Å². The lowest BCUT2D eigenvalue weighted by atomic mass is 10.1. The summed E-state index contributed by atoms with van der Waals surface area (Å²) in [6.45, 7) is 5.99. The third kappa shape index (κ3) is 7.16. The molecule has 0 aliphatic rings. The van der Waals surface area contributed by atoms with Gasteiger partial charge < -0.3 is 23.5 Å². The molecule has 38 heavy (non-hydrogen) atoms. The van der Waals surface area contributed by atoms with Crippen molar-refractivity contribution in [3.8, 4) is 5.75 Å². The Balaban J connectivity index is 1.56. The number of amides is 2. The van der Waals surface area contributed by atoms with Gasteiger partial charge in [-0.15, -0.1) is 0 Å². The van der Waals surface area contributed by atoms with E-state index in [4.69, 9.17) is 9.15 Å². The molecule has 0 bridgehead atoms. The number of ether oxygens (including phenoxy) is 1. The van der Waals surface area contributed by atoms with E-state index in [-0.39, 0.29) is 30.0 Å². The average Bonchev–Trinajstić information content (AvgIpc) is 3.61. The van der Waals surface area contributed by atoms with Crippen molar-refractivity contribution in [2.75, 3.05) is 20.2 Å². The molecule has 0 atom stereocenters. The lowest BCUT2D eigenvalue weighted by Crippen LogP contribution is -2.44. The number of furan rings is 1. The van der Waals surface area contributed by atoms with Gasteiger partial charge in [0.1, 0.15) is 12.3 Å². The van der Waals surface area contributed by atoms with Crippen LogP contribution in [0.2, 0.25) is 0 Å². The van der Waals surface area contributed by atoms with Crippen LogP contribution in [0, 0.1) is 5.92 Å². The number of aromatic nitrogens is 1. The standard InChI is InChI=1S/C31H35N3O4/c1-24(2)19-34(31(36)29-15-9-17-38-29)23-30(35)33(20-25-10-5-4-6-11-25)22-27-13-8-16-32(27)21-26-12-7-14-28(18-26)37-3/h4-18,24H,19-23H2,1-3H3. The Bertz CT molecular complexity index is 1310. The second-order valence-corrected chi connectivity index (χ2v) is 9.77. The quantitative estimate of drug-likeness (QED) is 0.252. The maximum Gasteiger partial charge on any atom is 0.290 e. The Hall–Kier alpha value is -4.26. The maximum absolute atomic E-state index is 13.8. The first-order chi connectivity index (χ1) is 18.4. The van der Waals surface area contributed by atoms with Gasteiger partial charge in [-0.05, 0) is 53.4 Å². The highest BCUT2D eigenvalue weighted by atomic mass is 16.5. The zero-order valence-corrected chi connectivity index (χ0v) is 22.2. The highest BCUT2D eigenvalue weighted by Gasteiger charge is 2.25. The highest BCUT2D eigenvalue weighted by Crippen LogP contribution is 2.18. The van der Waals surface area contributed by atoms with Crippen LogP contribution in [0.5, 0.6) is 5.75 Å². The molecule has 0 unspecified atom stereocenters. The lowest BCUT2D eigenvalue weighted by Gasteiger charge is -2.29. The number of hydrogen-bond donors (Lipinski definition) is 0. The smallest absolute Gasteiger partial charge is 0.290 e. The van der Waals surface area contributed by atoms with E-state index in [1.165, 1.54) is 6.26 Å². The Morgan fingerprint density at radius 3 is 2.39 bits per heavy atom. The van der Waals surface area contributed by atoms with E-state index in [0.29, 0.717) is 26.2 Å². The van der Waals surface area contributed by atoms with Gasteiger partial charge in [-0.25, -0.2) is 0 Å². The van der Waals surface area contributed by atoms with Crippen LogP contribution >= 0.6 is 0 Å². The number of benzene rings is 2. The Morgan fingerprint density at radius 1 is 0.895 bits per heavy atom. The monoisotopic (exact) mass is 513 g/mol. The van der Waals surface area contributed by atoms with Gasteiger partial charge in [0.15, 0.2) is 5.76 Å². The first-order valence-electron chi connectivity index (χ1n) is 12.8. The number of hydrogen-bond acceptors (Lipinski definition) is 4. The molecule has 0 fully saturated rings. The van der Waals surface area contributed by atoms with Crippen LogP contribution in [0.25, 0.3) is 0 Å². The number of carbonyl (C=O) groups excluding carboxylic acids is 2. The third-order valence-electron chi connectivity index (χ3n) is 6.26. The minimum Gasteiger partial charge on any atom is -0.497 e. The summed E-state index contributed by atoms with van der Waals surface area (Å²) in [7, 11) is 1.66. The fraction of sp³-hybridized carbons (Fsp3) is 0.290. The van der Waals surface area contributed by atoms with Crippen LogP contribution in [0.15, 0.2) is 95.7 Å². The van der Waals surface area contributed by atoms with Gasteiger partial charge in [-0.2, -0.15) is 0 Å². The summed E-state index contributed by atoms with van der Waals surface area (Å²) in [5.41, 5.74) is 3.14. The summed E-state index contributed by atoms with van der Waals surface area (Å²) in [6.07, 6.45) is 3.49. The second kappa shape index (κ2) is 12.8. The van der Waals surface area contributed by atoms with Gasteiger partial charge in [0.05, 0.1) is 19.9 Å². The molecule has 0 N–H and O–H groups in total. The van der Waals surface area contributed by atoms with Crippen LogP contribution in [-0.2, 0) is 24.4 Å². The van der Waals surface area contributed by atoms with Crippen molar-refractivity contribution in [3.05, 3.63) is 114 Å². The normalized spacial score (nSPS) is 10.9. The van der Waals surface area contributed by atoms with Crippen molar-refractivity contribution >= 4 is 11.8 Å². The van der Waals surface area contributed by atoms with E-state index < -0.39 is 0 Å². The Labute approximate surface area is 224 Å². The predicted octanol–water partition coefficient (Wildman–Crippen LogP) is 5.47. The summed E-state index contributed by atoms with van der Waals surface area (Å²) in [6, 6.07) is 25.2. The summed E-state index contributed by atoms with van der Waals surface area (Å²) in [5.74, 6) is 0.842. The molecule has 0 radical (unpaired) electrons. The molecule has 7 heteroatoms. The van der Waals surface area contributed by atoms with E-state index in [1.54, 1.807) is 24.1 Å². The van der Waals surface area contributed by atoms with Crippen LogP contribution in [-0.4, -0.2) is 46.4 Å². The average molecular weight is 514 g/mol. The Morgan fingerprint density at radius 2 is 1.68 bits per heavy atom. The molecule has 0 aliphatic carbocycles. The minimum atomic E-state index is -0.280. The minimum absolute atomic E-state index is 0.0266. The number of carbonyl (C=O) groups is 2. The summed E-state index contributed by atoms with van der Waals surface area (Å²) in [4.78, 5) is 30.3. The molecule has 2 aromatic heterocycles. The van der Waals surface area contributed by atoms with E-state index >= 15 is 0 Å². The van der Waals surface area contributed by atoms with E-state index in [2.05, 4.69) is 10.6 Å². The molecule has 2 amide bonds. The maximum atomic E-state index is 13.8. The molecule has 2 heterocycles. The number of nitrogens with zero attached hydrogens (tertiary/aromatic N) is 3. The molecule has 2 aromatic carbocycles. The van der Waals surface area contributed by atoms with Crippen LogP contribution < -0.4 is 4.74 Å². The second-order valence-electron chi connectivity index (χ2n) is 9.77. The van der Waals surface area contributed by atoms with Crippen molar-refractivity contribution in [2.24, 2.45) is 5.92 Å². The van der Waals surface area contributed by atoms with Crippen LogP contribution in [0.3, 0.4) is 0 Å². The lowest BCUT2D eigenvalue weighted by molar-refractivity contribution is -0.133. The number of methoxy groups -OCH3 is 1. The zero-order chi connectivity index (χ0) is 26.9. The summed E-state index contributed by atoms with van der Waals surface area (Å²) >= 11 is 0. The summed E-state index contributed by atoms with van der Waals surface area (Å²) in [5, 5.41) is 0. The van der Waals surface area contributed by atoms with Crippen molar-refractivity contribution in [1.29, 1.82) is 0 Å². The van der Waals surface area contributed by atoms with Crippen molar-refractivity contribution < 1.29 is 18.7 Å². The molecule has 0 saturated carbocycles. The van der Waals surface area contributed by atoms with Crippen molar-refractivity contribution in [2.45, 2.75) is 33.5 Å². The van der Waals surface area contributed by atoms with Crippen LogP contribution in [0.4, 0.5) is 0 Å². The molecule has 4 aromatic rings. The summed E-state index contributed by atoms with van der Waals surface area (Å²) < 4.78 is 12.9. The predicted molar refractivity (Wildman–Crippen MR) is 147 cm³/mol. The Kier molecular flexibility index (Phi) is 9.03. The molecule has 0 spiro atoms. The first-order valence-corrected chi connectivity index (χ1v) is 12.8. The first kappa shape index (κ1) is 26.8. The third-order valence-corrected chi connectivity index (χ3v) is 6.26. The van der Waals surface area contributed by atoms with E-state index in [1.807, 2.05) is 85.6 Å². The molecule has 0 saturated heterocycles. The SMILES string of the molecule is COc1cccc(Cn2cccc2CN(Cc2ccccc2)C(=O)CN(CC(C)C)C(=O)c2ccco2)c1. The topological polar surface area (TPSA) is 67.9 Å². The van der Waals surface area contributed by atoms with Gasteiger partial charge in [-0.1, -0.05) is 56.3 Å². The molecular formula is C31H35N3O4. The van der Waals surface area contributed by atoms with E-state index in [0.717, 1.165) is 22.6 Å². The van der Waals surface area contributed by atoms with Crippen LogP contribution in [0.1, 0.15) is 41.2 Å². The molecule has 4 rings (SSSR count). The molecule has 0 aliphatic heterocycles. The molecule has 198 valence electrons. The fourth-order valence-electron chi connectivity index (χ4n) is 4.43. The van der Waals surface area contributed by atoms with Gasteiger partial charge in [0, 0.05) is 31.5 Å². The van der Waals surface area contributed by atoms with Gasteiger partial charge >= 0.3 is 0 Å². The van der Waals surface area contributed by atoms with Crippen molar-refractivity contribution in [3.63, 3.8) is 0 Å². The molecule has 7 nitrogen and oxygen atoms in total. The van der Waals surface area contributed by atoms with Gasteiger partial charge in [-0.3, -0.25) is 9.59 Å². The van der Waals surface area contributed by atoms with Gasteiger partial charge in [0.25, 0.3) is 5.91 Å². The number of rotatable bonds is 12. The largest absolute Gasteiger partial charge is 0.497 e. The van der Waals surface area contributed by atoms with Gasteiger partial charge in [0.2, 0.25) is 5.91 Å². The van der Waals surface area contributed by atoms with E-state index in [9.17, 15) is 9.59 Å². The fourth-order valence-corrected chi connectivity index (χ4v) is 4.43. The zero-order valence-electron chi connectivity index (χ0n) is 22.2. The molecular weight excluding hydrogens is 478 g/mol.